The molecule has 0 rings (SSSR count). The molecule has 0 heterocycles. The van der Waals surface area contributed by atoms with Crippen LogP contribution in [0.15, 0.2) is 48.6 Å². The van der Waals surface area contributed by atoms with Crippen molar-refractivity contribution in [2.45, 2.75) is 144 Å². The second-order valence-electron chi connectivity index (χ2n) is 15.4. The first kappa shape index (κ1) is 72.2. The van der Waals surface area contributed by atoms with Crippen LogP contribution in [0.25, 0.3) is 0 Å². The van der Waals surface area contributed by atoms with E-state index in [1.54, 1.807) is 70.4 Å². The number of unbranched alkanes of at least 4 members (excludes halogenated alkanes) is 2. The van der Waals surface area contributed by atoms with Crippen molar-refractivity contribution < 1.29 is 77.3 Å². The molecule has 0 aromatic rings. The Kier molecular flexibility index (Phi) is 46.1. The molecule has 0 fully saturated rings. The molecular weight excluding hydrogens is 949 g/mol. The van der Waals surface area contributed by atoms with E-state index in [-0.39, 0.29) is 23.5 Å². The minimum Gasteiger partial charge on any atom is -0.462 e. The topological polar surface area (TPSA) is 188 Å². The molecule has 0 bridgehead atoms. The Morgan fingerprint density at radius 1 is 0.382 bits per heavy atom. The summed E-state index contributed by atoms with van der Waals surface area (Å²) in [5, 5.41) is 0. The lowest BCUT2D eigenvalue weighted by Gasteiger charge is -2.28. The van der Waals surface area contributed by atoms with Crippen LogP contribution in [-0.4, -0.2) is 147 Å². The summed E-state index contributed by atoms with van der Waals surface area (Å²) in [4.78, 5) is 45.0. The Morgan fingerprint density at radius 3 is 0.926 bits per heavy atom. The minimum atomic E-state index is -2.61. The van der Waals surface area contributed by atoms with Gasteiger partial charge in [0.2, 0.25) is 0 Å². The number of ketones is 2. The Hall–Kier alpha value is -2.33. The van der Waals surface area contributed by atoms with Crippen molar-refractivity contribution in [3.63, 3.8) is 0 Å². The van der Waals surface area contributed by atoms with Gasteiger partial charge in [-0.1, -0.05) is 32.7 Å². The van der Waals surface area contributed by atoms with Gasteiger partial charge in [0.15, 0.2) is 11.6 Å². The predicted octanol–water partition coefficient (Wildman–Crippen LogP) is 9.55. The number of hydrogen-bond donors (Lipinski definition) is 0. The summed E-state index contributed by atoms with van der Waals surface area (Å²) in [7, 11) is -0.121. The monoisotopic (exact) mass is 1040 g/mol. The number of ether oxygens (including phenoxy) is 2. The van der Waals surface area contributed by atoms with Gasteiger partial charge in [0.05, 0.1) is 13.2 Å². The van der Waals surface area contributed by atoms with Gasteiger partial charge in [-0.25, -0.2) is 9.59 Å². The van der Waals surface area contributed by atoms with Crippen LogP contribution in [0.5, 0.6) is 0 Å². The van der Waals surface area contributed by atoms with Gasteiger partial charge in [-0.2, -0.15) is 0 Å². The molecule has 0 N–H and O–H groups in total. The zero-order valence-corrected chi connectivity index (χ0v) is 49.2. The highest BCUT2D eigenvalue weighted by Gasteiger charge is 2.40. The Labute approximate surface area is 416 Å². The third kappa shape index (κ3) is 35.7. The van der Waals surface area contributed by atoms with E-state index in [2.05, 4.69) is 32.9 Å². The first-order valence-corrected chi connectivity index (χ1v) is 31.8. The number of rotatable bonds is 38. The van der Waals surface area contributed by atoms with Crippen molar-refractivity contribution in [1.82, 2.24) is 0 Å². The van der Waals surface area contributed by atoms with Crippen LogP contribution in [0.2, 0.25) is 30.7 Å². The summed E-state index contributed by atoms with van der Waals surface area (Å²) in [6.45, 7) is 36.6. The minimum absolute atomic E-state index is 0.125. The van der Waals surface area contributed by atoms with Crippen LogP contribution in [0, 0.1) is 0 Å². The summed E-state index contributed by atoms with van der Waals surface area (Å²) < 4.78 is 70.1. The number of esters is 2. The van der Waals surface area contributed by atoms with Crippen molar-refractivity contribution >= 4 is 58.5 Å². The van der Waals surface area contributed by atoms with Crippen LogP contribution >= 0.6 is 0 Å². The lowest BCUT2D eigenvalue weighted by molar-refractivity contribution is -0.139. The normalized spacial score (nSPS) is 11.4. The average molecular weight is 1040 g/mol. The first-order valence-electron chi connectivity index (χ1n) is 23.5. The van der Waals surface area contributed by atoms with Crippen molar-refractivity contribution in [3.8, 4) is 0 Å². The van der Waals surface area contributed by atoms with E-state index >= 15 is 0 Å². The molecule has 0 aromatic heterocycles. The lowest BCUT2D eigenvalue weighted by atomic mass is 10.1. The maximum atomic E-state index is 11.4. The molecule has 21 heteroatoms. The summed E-state index contributed by atoms with van der Waals surface area (Å²) in [5.74, 6) is -0.447. The summed E-state index contributed by atoms with van der Waals surface area (Å²) in [6, 6.07) is 2.95. The van der Waals surface area contributed by atoms with Gasteiger partial charge >= 0.3 is 46.9 Å². The number of hydrogen-bond acceptors (Lipinski definition) is 17. The van der Waals surface area contributed by atoms with Crippen LogP contribution in [-0.2, 0) is 77.3 Å². The zero-order valence-electron chi connectivity index (χ0n) is 45.2. The molecule has 0 radical (unpaired) electrons. The fraction of sp³-hybridized carbons (Fsp3) is 0.745. The fourth-order valence-electron chi connectivity index (χ4n) is 5.85. The first-order chi connectivity index (χ1) is 32.0. The maximum absolute atomic E-state index is 11.4. The van der Waals surface area contributed by atoms with E-state index in [0.717, 1.165) is 37.8 Å². The molecule has 0 saturated heterocycles. The molecule has 0 aliphatic heterocycles. The van der Waals surface area contributed by atoms with Gasteiger partial charge in [-0.15, -0.1) is 0 Å². The highest BCUT2D eigenvalue weighted by atomic mass is 28.4. The lowest BCUT2D eigenvalue weighted by Crippen LogP contribution is -2.46. The van der Waals surface area contributed by atoms with Crippen LogP contribution < -0.4 is 0 Å². The molecule has 68 heavy (non-hydrogen) atoms. The number of carbonyl (C=O) groups is 4. The highest BCUT2D eigenvalue weighted by molar-refractivity contribution is 6.66. The fourth-order valence-corrected chi connectivity index (χ4v) is 14.4. The molecule has 0 spiro atoms. The molecule has 0 aromatic carbocycles. The second-order valence-corrected chi connectivity index (χ2v) is 27.7. The van der Waals surface area contributed by atoms with Crippen LogP contribution in [0.4, 0.5) is 0 Å². The number of carbonyl (C=O) groups excluding carboxylic acids is 4. The quantitative estimate of drug-likeness (QED) is 0.0246. The number of allylic oxidation sites excluding steroid dienone is 2. The van der Waals surface area contributed by atoms with Crippen LogP contribution in [0.1, 0.15) is 114 Å². The highest BCUT2D eigenvalue weighted by Crippen LogP contribution is 2.21. The van der Waals surface area contributed by atoms with E-state index in [1.807, 2.05) is 34.6 Å². The predicted molar refractivity (Wildman–Crippen MR) is 276 cm³/mol. The Bertz CT molecular complexity index is 1330. The van der Waals surface area contributed by atoms with E-state index in [9.17, 15) is 19.2 Å². The molecular formula is C47H94O17Si4. The largest absolute Gasteiger partial charge is 0.501 e. The molecule has 17 nitrogen and oxygen atoms in total. The Morgan fingerprint density at radius 2 is 0.662 bits per heavy atom. The van der Waals surface area contributed by atoms with E-state index < -0.39 is 35.0 Å². The third-order valence-electron chi connectivity index (χ3n) is 9.65. The van der Waals surface area contributed by atoms with Gasteiger partial charge in [0.1, 0.15) is 0 Å². The van der Waals surface area contributed by atoms with Crippen molar-refractivity contribution in [2.75, 3.05) is 88.9 Å². The molecule has 0 aliphatic carbocycles. The average Bonchev–Trinajstić information content (AvgIpc) is 3.30. The SMILES string of the molecule is C=C(C)C(=O)CCCC[Si](C)(OCC)OCC.C=C(C)C(=O)CCCC[Si](OC)(OC)OC.C=C(C)C(=O)OCCC[Si](OC)(OC)OC.C=C(C)C(=O)OCCC[Si](OCC)(OCC)OCC. The van der Waals surface area contributed by atoms with Gasteiger partial charge in [0, 0.05) is 118 Å². The third-order valence-corrected chi connectivity index (χ3v) is 21.5. The molecule has 0 unspecified atom stereocenters. The molecule has 0 aliphatic rings. The maximum Gasteiger partial charge on any atom is 0.501 e. The van der Waals surface area contributed by atoms with Gasteiger partial charge < -0.3 is 58.2 Å². The van der Waals surface area contributed by atoms with E-state index in [1.165, 1.54) is 0 Å². The van der Waals surface area contributed by atoms with E-state index in [4.69, 9.17) is 58.2 Å². The van der Waals surface area contributed by atoms with Crippen molar-refractivity contribution in [3.05, 3.63) is 48.6 Å². The molecule has 0 saturated carbocycles. The van der Waals surface area contributed by atoms with E-state index in [0.29, 0.717) is 106 Å². The van der Waals surface area contributed by atoms with Gasteiger partial charge in [-0.05, 0) is 118 Å². The van der Waals surface area contributed by atoms with Gasteiger partial charge in [0.25, 0.3) is 0 Å². The molecule has 400 valence electrons. The summed E-state index contributed by atoms with van der Waals surface area (Å²) in [5.41, 5.74) is 2.07. The summed E-state index contributed by atoms with van der Waals surface area (Å²) >= 11 is 0. The van der Waals surface area contributed by atoms with Crippen LogP contribution in [0.3, 0.4) is 0 Å². The van der Waals surface area contributed by atoms with Crippen molar-refractivity contribution in [2.24, 2.45) is 0 Å². The summed E-state index contributed by atoms with van der Waals surface area (Å²) in [6.07, 6.45) is 5.99. The standard InChI is InChI=1S/C13H26O5Si.C13H26O3Si.C11H22O4Si.C10H20O5Si/c1-6-16-19(17-7-2,18-8-3)11-9-10-15-13(14)12(4)5;1-6-15-17(5,16-7-2)11-9-8-10-13(14)12(3)4;1-10(2)11(12)8-6-7-9-16(13-3,14-4)15-5;1-9(2)10(11)15-7-6-8-16(12-3,13-4)14-5/h4,6-11H2,1-3,5H3;3,6-11H2,1-2,4-5H3;1,6-9H2,2-5H3;1,6-8H2,2-5H3. The number of Topliss-reactive ketones (excluding diaryl/α,β-unsaturated/α-hetero) is 2. The smallest absolute Gasteiger partial charge is 0.462 e. The second kappa shape index (κ2) is 43.5. The molecule has 0 atom stereocenters. The Balaban J connectivity index is -0.000000403. The van der Waals surface area contributed by atoms with Crippen molar-refractivity contribution in [1.29, 1.82) is 0 Å². The molecule has 0 amide bonds. The zero-order chi connectivity index (χ0) is 53.2. The van der Waals surface area contributed by atoms with Gasteiger partial charge in [-0.3, -0.25) is 9.59 Å².